The number of fused-ring (bicyclic) bond motifs is 1. The predicted molar refractivity (Wildman–Crippen MR) is 87.4 cm³/mol. The Labute approximate surface area is 142 Å². The van der Waals surface area contributed by atoms with Crippen LogP contribution in [0.1, 0.15) is 23.0 Å². The van der Waals surface area contributed by atoms with Crippen LogP contribution in [0.3, 0.4) is 0 Å². The van der Waals surface area contributed by atoms with Gasteiger partial charge in [0.15, 0.2) is 0 Å². The summed E-state index contributed by atoms with van der Waals surface area (Å²) in [4.78, 5) is 26.2. The van der Waals surface area contributed by atoms with Crippen LogP contribution in [0.4, 0.5) is 5.82 Å². The first-order valence-electron chi connectivity index (χ1n) is 7.51. The average molecular weight is 342 g/mol. The highest BCUT2D eigenvalue weighted by Crippen LogP contribution is 2.30. The predicted octanol–water partition coefficient (Wildman–Crippen LogP) is 3.49. The Balaban J connectivity index is 1.97. The molecule has 0 bridgehead atoms. The fraction of sp³-hybridized carbons (Fsp3) is 0.176. The number of nitro groups is 1. The van der Waals surface area contributed by atoms with Gasteiger partial charge in [0, 0.05) is 5.39 Å². The van der Waals surface area contributed by atoms with E-state index in [4.69, 9.17) is 13.9 Å². The number of aromatic nitrogens is 1. The third kappa shape index (κ3) is 3.27. The van der Waals surface area contributed by atoms with E-state index in [1.54, 1.807) is 31.2 Å². The van der Waals surface area contributed by atoms with Crippen LogP contribution in [0.15, 0.2) is 47.0 Å². The molecule has 0 spiro atoms. The van der Waals surface area contributed by atoms with Crippen molar-refractivity contribution in [1.29, 1.82) is 0 Å². The lowest BCUT2D eigenvalue weighted by Crippen LogP contribution is -2.08. The molecular formula is C17H14N2O6. The topological polar surface area (TPSA) is 105 Å². The van der Waals surface area contributed by atoms with Gasteiger partial charge in [-0.15, -0.1) is 0 Å². The molecule has 128 valence electrons. The van der Waals surface area contributed by atoms with E-state index < -0.39 is 16.7 Å². The van der Waals surface area contributed by atoms with Crippen molar-refractivity contribution >= 4 is 22.8 Å². The lowest BCUT2D eigenvalue weighted by molar-refractivity contribution is -0.390. The number of carbonyl (C=O) groups excluding carboxylic acids is 1. The molecule has 0 aliphatic carbocycles. The molecule has 25 heavy (non-hydrogen) atoms. The highest BCUT2D eigenvalue weighted by molar-refractivity contribution is 5.96. The summed E-state index contributed by atoms with van der Waals surface area (Å²) in [6.07, 6.45) is 1.31. The molecular weight excluding hydrogens is 328 g/mol. The number of benzene rings is 1. The number of nitrogens with zero attached hydrogens (tertiary/aromatic N) is 2. The van der Waals surface area contributed by atoms with Gasteiger partial charge in [-0.25, -0.2) is 4.79 Å². The van der Waals surface area contributed by atoms with E-state index in [9.17, 15) is 14.9 Å². The second kappa shape index (κ2) is 7.00. The zero-order valence-corrected chi connectivity index (χ0v) is 13.3. The number of carbonyl (C=O) groups is 1. The first-order chi connectivity index (χ1) is 12.1. The zero-order chi connectivity index (χ0) is 17.8. The molecule has 3 aromatic rings. The smallest absolute Gasteiger partial charge is 0.406 e. The number of esters is 1. The summed E-state index contributed by atoms with van der Waals surface area (Å²) in [6.45, 7) is 1.79. The van der Waals surface area contributed by atoms with Gasteiger partial charge in [0.1, 0.15) is 18.4 Å². The van der Waals surface area contributed by atoms with Gasteiger partial charge in [-0.05, 0) is 35.0 Å². The van der Waals surface area contributed by atoms with Crippen LogP contribution in [0, 0.1) is 10.1 Å². The van der Waals surface area contributed by atoms with Gasteiger partial charge in [-0.3, -0.25) is 0 Å². The Morgan fingerprint density at radius 2 is 2.08 bits per heavy atom. The minimum absolute atomic E-state index is 0.00703. The molecule has 8 heteroatoms. The first-order valence-corrected chi connectivity index (χ1v) is 7.51. The molecule has 0 amide bonds. The molecule has 3 rings (SSSR count). The molecule has 0 saturated carbocycles. The number of furan rings is 1. The van der Waals surface area contributed by atoms with Crippen molar-refractivity contribution in [3.05, 3.63) is 64.0 Å². The Kier molecular flexibility index (Phi) is 4.60. The van der Waals surface area contributed by atoms with E-state index in [2.05, 4.69) is 4.98 Å². The second-order valence-electron chi connectivity index (χ2n) is 5.00. The maximum absolute atomic E-state index is 12.1. The monoisotopic (exact) mass is 342 g/mol. The summed E-state index contributed by atoms with van der Waals surface area (Å²) >= 11 is 0. The van der Waals surface area contributed by atoms with Crippen molar-refractivity contribution in [3.8, 4) is 5.75 Å². The largest absolute Gasteiger partial charge is 0.481 e. The zero-order valence-electron chi connectivity index (χ0n) is 13.3. The van der Waals surface area contributed by atoms with Gasteiger partial charge in [0.05, 0.1) is 12.2 Å². The van der Waals surface area contributed by atoms with E-state index in [1.165, 1.54) is 18.3 Å². The van der Waals surface area contributed by atoms with E-state index >= 15 is 0 Å². The van der Waals surface area contributed by atoms with Crippen LogP contribution in [0.25, 0.3) is 11.0 Å². The number of ether oxygens (including phenoxy) is 2. The third-order valence-electron chi connectivity index (χ3n) is 3.45. The van der Waals surface area contributed by atoms with E-state index in [0.717, 1.165) is 0 Å². The third-order valence-corrected chi connectivity index (χ3v) is 3.45. The Morgan fingerprint density at radius 1 is 1.28 bits per heavy atom. The van der Waals surface area contributed by atoms with Crippen molar-refractivity contribution in [2.45, 2.75) is 13.5 Å². The summed E-state index contributed by atoms with van der Waals surface area (Å²) in [5.74, 6) is -0.979. The Bertz CT molecular complexity index is 934. The molecule has 0 radical (unpaired) electrons. The molecule has 8 nitrogen and oxygen atoms in total. The lowest BCUT2D eigenvalue weighted by Gasteiger charge is -2.06. The summed E-state index contributed by atoms with van der Waals surface area (Å²) < 4.78 is 16.1. The lowest BCUT2D eigenvalue weighted by atomic mass is 10.1. The van der Waals surface area contributed by atoms with Gasteiger partial charge < -0.3 is 24.0 Å². The number of hydrogen-bond donors (Lipinski definition) is 0. The molecule has 0 saturated heterocycles. The SMILES string of the molecule is CCOC(=O)c1oc2ccccc2c1COc1cccnc1[N+](=O)[O-]. The quantitative estimate of drug-likeness (QED) is 0.383. The van der Waals surface area contributed by atoms with Crippen LogP contribution < -0.4 is 4.74 Å². The average Bonchev–Trinajstić information content (AvgIpc) is 2.99. The van der Waals surface area contributed by atoms with Gasteiger partial charge in [-0.1, -0.05) is 18.2 Å². The molecule has 0 unspecified atom stereocenters. The van der Waals surface area contributed by atoms with E-state index in [0.29, 0.717) is 16.5 Å². The Morgan fingerprint density at radius 3 is 2.84 bits per heavy atom. The van der Waals surface area contributed by atoms with Crippen molar-refractivity contribution in [2.75, 3.05) is 6.61 Å². The molecule has 0 aliphatic rings. The number of para-hydroxylation sites is 1. The highest BCUT2D eigenvalue weighted by atomic mass is 16.6. The standard InChI is InChI=1S/C17H14N2O6/c1-2-23-17(20)15-12(11-6-3-4-7-13(11)25-15)10-24-14-8-5-9-18-16(14)19(21)22/h3-9H,2,10H2,1H3. The number of rotatable bonds is 6. The van der Waals surface area contributed by atoms with Crippen molar-refractivity contribution in [1.82, 2.24) is 4.98 Å². The first kappa shape index (κ1) is 16.4. The number of pyridine rings is 1. The van der Waals surface area contributed by atoms with E-state index in [1.807, 2.05) is 0 Å². The summed E-state index contributed by atoms with van der Waals surface area (Å²) in [7, 11) is 0. The molecule has 1 aromatic carbocycles. The summed E-state index contributed by atoms with van der Waals surface area (Å²) in [5, 5.41) is 11.7. The fourth-order valence-electron chi connectivity index (χ4n) is 2.39. The fourth-order valence-corrected chi connectivity index (χ4v) is 2.39. The maximum Gasteiger partial charge on any atom is 0.406 e. The van der Waals surface area contributed by atoms with Crippen molar-refractivity contribution < 1.29 is 23.6 Å². The van der Waals surface area contributed by atoms with Crippen LogP contribution in [-0.2, 0) is 11.3 Å². The van der Waals surface area contributed by atoms with Gasteiger partial charge in [0.2, 0.25) is 11.5 Å². The van der Waals surface area contributed by atoms with Crippen molar-refractivity contribution in [3.63, 3.8) is 0 Å². The van der Waals surface area contributed by atoms with Gasteiger partial charge >= 0.3 is 11.8 Å². The Hall–Kier alpha value is -3.42. The molecule has 0 aliphatic heterocycles. The van der Waals surface area contributed by atoms with Crippen molar-refractivity contribution in [2.24, 2.45) is 0 Å². The van der Waals surface area contributed by atoms with Crippen LogP contribution in [0.5, 0.6) is 5.75 Å². The number of hydrogen-bond acceptors (Lipinski definition) is 7. The van der Waals surface area contributed by atoms with Gasteiger partial charge in [-0.2, -0.15) is 0 Å². The molecule has 0 N–H and O–H groups in total. The van der Waals surface area contributed by atoms with Gasteiger partial charge in [0.25, 0.3) is 0 Å². The van der Waals surface area contributed by atoms with Crippen LogP contribution in [0.2, 0.25) is 0 Å². The molecule has 0 atom stereocenters. The normalized spacial score (nSPS) is 10.6. The van der Waals surface area contributed by atoms with Crippen LogP contribution >= 0.6 is 0 Å². The summed E-state index contributed by atoms with van der Waals surface area (Å²) in [5.41, 5.74) is 0.969. The minimum atomic E-state index is -0.630. The minimum Gasteiger partial charge on any atom is -0.481 e. The van der Waals surface area contributed by atoms with E-state index in [-0.39, 0.29) is 24.7 Å². The highest BCUT2D eigenvalue weighted by Gasteiger charge is 2.23. The summed E-state index contributed by atoms with van der Waals surface area (Å²) in [6, 6.07) is 10.0. The molecule has 0 fully saturated rings. The molecule has 2 aromatic heterocycles. The second-order valence-corrected chi connectivity index (χ2v) is 5.00. The van der Waals surface area contributed by atoms with Crippen LogP contribution in [-0.4, -0.2) is 22.5 Å². The maximum atomic E-state index is 12.1. The molecule has 2 heterocycles.